The number of carbonyl (C=O) groups is 2. The Hall–Kier alpha value is -3.68. The second-order valence-corrected chi connectivity index (χ2v) is 6.97. The van der Waals surface area contributed by atoms with Gasteiger partial charge in [0.1, 0.15) is 12.1 Å². The molecule has 29 heavy (non-hydrogen) atoms. The van der Waals surface area contributed by atoms with Crippen molar-refractivity contribution in [3.05, 3.63) is 65.5 Å². The molecule has 2 heterocycles. The number of rotatable bonds is 5. The Morgan fingerprint density at radius 3 is 2.90 bits per heavy atom. The minimum atomic E-state index is -0.347. The second kappa shape index (κ2) is 7.75. The third kappa shape index (κ3) is 3.96. The summed E-state index contributed by atoms with van der Waals surface area (Å²) in [5.41, 5.74) is 3.77. The largest absolute Gasteiger partial charge is 0.483 e. The van der Waals surface area contributed by atoms with E-state index in [1.165, 1.54) is 6.33 Å². The van der Waals surface area contributed by atoms with Crippen LogP contribution >= 0.6 is 0 Å². The molecule has 3 aromatic rings. The number of nitrogens with zero attached hydrogens (tertiary/aromatic N) is 3. The van der Waals surface area contributed by atoms with Crippen LogP contribution < -0.4 is 15.4 Å². The molecular formula is C21H21N5O3. The predicted molar refractivity (Wildman–Crippen MR) is 108 cm³/mol. The van der Waals surface area contributed by atoms with Gasteiger partial charge in [-0.05, 0) is 43.2 Å². The first kappa shape index (κ1) is 18.7. The van der Waals surface area contributed by atoms with Gasteiger partial charge in [0.2, 0.25) is 11.9 Å². The third-order valence-corrected chi connectivity index (χ3v) is 4.93. The summed E-state index contributed by atoms with van der Waals surface area (Å²) in [4.78, 5) is 28.5. The van der Waals surface area contributed by atoms with Gasteiger partial charge < -0.3 is 10.1 Å². The average molecular weight is 391 g/mol. The second-order valence-electron chi connectivity index (χ2n) is 6.97. The fourth-order valence-electron chi connectivity index (χ4n) is 3.29. The zero-order chi connectivity index (χ0) is 20.4. The van der Waals surface area contributed by atoms with Gasteiger partial charge in [0.05, 0.1) is 12.5 Å². The Morgan fingerprint density at radius 1 is 1.24 bits per heavy atom. The number of hydrogen-bond acceptors (Lipinski definition) is 5. The molecule has 1 aliphatic heterocycles. The van der Waals surface area contributed by atoms with Gasteiger partial charge in [0.15, 0.2) is 6.61 Å². The topological polar surface area (TPSA) is 98.1 Å². The number of carbonyl (C=O) groups excluding carboxylic acids is 2. The van der Waals surface area contributed by atoms with Crippen molar-refractivity contribution in [2.24, 2.45) is 0 Å². The number of benzene rings is 2. The Balaban J connectivity index is 1.49. The van der Waals surface area contributed by atoms with Crippen LogP contribution in [0.25, 0.3) is 0 Å². The van der Waals surface area contributed by atoms with Crippen molar-refractivity contribution in [1.82, 2.24) is 14.8 Å². The number of anilines is 2. The van der Waals surface area contributed by atoms with Crippen LogP contribution in [0.1, 0.15) is 29.2 Å². The summed E-state index contributed by atoms with van der Waals surface area (Å²) in [7, 11) is 0. The van der Waals surface area contributed by atoms with E-state index < -0.39 is 0 Å². The Morgan fingerprint density at radius 2 is 2.07 bits per heavy atom. The molecule has 0 fully saturated rings. The lowest BCUT2D eigenvalue weighted by Gasteiger charge is -2.25. The Kier molecular flexibility index (Phi) is 4.99. The van der Waals surface area contributed by atoms with Gasteiger partial charge in [-0.15, -0.1) is 0 Å². The molecule has 4 rings (SSSR count). The fourth-order valence-corrected chi connectivity index (χ4v) is 3.29. The van der Waals surface area contributed by atoms with Crippen LogP contribution in [0.3, 0.4) is 0 Å². The molecule has 2 amide bonds. The number of aromatic nitrogens is 3. The van der Waals surface area contributed by atoms with Crippen molar-refractivity contribution in [1.29, 1.82) is 0 Å². The van der Waals surface area contributed by atoms with Crippen molar-refractivity contribution in [3.8, 4) is 5.75 Å². The van der Waals surface area contributed by atoms with Crippen LogP contribution in [0.15, 0.2) is 48.8 Å². The molecule has 8 nitrogen and oxygen atoms in total. The normalized spacial score (nSPS) is 15.4. The zero-order valence-corrected chi connectivity index (χ0v) is 16.2. The SMILES string of the molecule is Cc1ccc(NC(=O)COc2ccccc2[C@@H]2CC(=O)Nc3ncnn32)cc1C. The smallest absolute Gasteiger partial charge is 0.262 e. The van der Waals surface area contributed by atoms with Crippen LogP contribution in [-0.2, 0) is 9.59 Å². The lowest BCUT2D eigenvalue weighted by molar-refractivity contribution is -0.118. The lowest BCUT2D eigenvalue weighted by atomic mass is 10.0. The summed E-state index contributed by atoms with van der Waals surface area (Å²) < 4.78 is 7.45. The molecule has 0 saturated heterocycles. The predicted octanol–water partition coefficient (Wildman–Crippen LogP) is 2.84. The van der Waals surface area contributed by atoms with Gasteiger partial charge in [0.25, 0.3) is 5.91 Å². The maximum absolute atomic E-state index is 12.4. The number of aryl methyl sites for hydroxylation is 2. The molecule has 2 aromatic carbocycles. The molecule has 0 aliphatic carbocycles. The van der Waals surface area contributed by atoms with E-state index in [2.05, 4.69) is 20.7 Å². The molecule has 0 saturated carbocycles. The van der Waals surface area contributed by atoms with Crippen LogP contribution in [-0.4, -0.2) is 33.2 Å². The summed E-state index contributed by atoms with van der Waals surface area (Å²) in [6, 6.07) is 12.7. The maximum atomic E-state index is 12.4. The van der Waals surface area contributed by atoms with Crippen LogP contribution in [0.5, 0.6) is 5.75 Å². The van der Waals surface area contributed by atoms with Crippen LogP contribution in [0.4, 0.5) is 11.6 Å². The minimum Gasteiger partial charge on any atom is -0.483 e. The lowest BCUT2D eigenvalue weighted by Crippen LogP contribution is -2.29. The van der Waals surface area contributed by atoms with Crippen molar-refractivity contribution in [2.75, 3.05) is 17.2 Å². The molecule has 1 aromatic heterocycles. The number of ether oxygens (including phenoxy) is 1. The average Bonchev–Trinajstić information content (AvgIpc) is 3.17. The molecule has 8 heteroatoms. The number of fused-ring (bicyclic) bond motifs is 1. The Bertz CT molecular complexity index is 1080. The molecular weight excluding hydrogens is 370 g/mol. The highest BCUT2D eigenvalue weighted by Gasteiger charge is 2.29. The third-order valence-electron chi connectivity index (χ3n) is 4.93. The molecule has 0 unspecified atom stereocenters. The zero-order valence-electron chi connectivity index (χ0n) is 16.2. The van der Waals surface area contributed by atoms with E-state index in [0.717, 1.165) is 22.4 Å². The van der Waals surface area contributed by atoms with Crippen molar-refractivity contribution in [2.45, 2.75) is 26.3 Å². The first-order valence-electron chi connectivity index (χ1n) is 9.29. The highest BCUT2D eigenvalue weighted by Crippen LogP contribution is 2.34. The molecule has 0 spiro atoms. The van der Waals surface area contributed by atoms with Gasteiger partial charge in [-0.2, -0.15) is 10.1 Å². The number of hydrogen-bond donors (Lipinski definition) is 2. The molecule has 0 radical (unpaired) electrons. The summed E-state index contributed by atoms with van der Waals surface area (Å²) >= 11 is 0. The summed E-state index contributed by atoms with van der Waals surface area (Å²) in [6.07, 6.45) is 1.61. The van der Waals surface area contributed by atoms with E-state index in [1.807, 2.05) is 50.2 Å². The standard InChI is InChI=1S/C21H21N5O3/c1-13-7-8-15(9-14(13)2)24-20(28)11-29-18-6-4-3-5-16(18)17-10-19(27)25-21-22-12-23-26(17)21/h3-9,12,17H,10-11H2,1-2H3,(H,24,28)(H,22,23,25,27)/t17-/m0/s1. The van der Waals surface area contributed by atoms with E-state index in [0.29, 0.717) is 11.7 Å². The van der Waals surface area contributed by atoms with E-state index in [4.69, 9.17) is 4.74 Å². The summed E-state index contributed by atoms with van der Waals surface area (Å²) in [5.74, 6) is 0.529. The van der Waals surface area contributed by atoms with E-state index in [-0.39, 0.29) is 30.9 Å². The fraction of sp³-hybridized carbons (Fsp3) is 0.238. The molecule has 1 aliphatic rings. The van der Waals surface area contributed by atoms with Crippen molar-refractivity contribution >= 4 is 23.5 Å². The molecule has 0 bridgehead atoms. The number of nitrogens with one attached hydrogen (secondary N) is 2. The minimum absolute atomic E-state index is 0.141. The van der Waals surface area contributed by atoms with E-state index in [1.54, 1.807) is 10.7 Å². The highest BCUT2D eigenvalue weighted by atomic mass is 16.5. The summed E-state index contributed by atoms with van der Waals surface area (Å²) in [6.45, 7) is 3.87. The number of para-hydroxylation sites is 1. The van der Waals surface area contributed by atoms with E-state index >= 15 is 0 Å². The first-order chi connectivity index (χ1) is 14.0. The monoisotopic (exact) mass is 391 g/mol. The number of amides is 2. The Labute approximate surface area is 167 Å². The van der Waals surface area contributed by atoms with Gasteiger partial charge >= 0.3 is 0 Å². The first-order valence-corrected chi connectivity index (χ1v) is 9.29. The van der Waals surface area contributed by atoms with Crippen LogP contribution in [0.2, 0.25) is 0 Å². The van der Waals surface area contributed by atoms with Crippen molar-refractivity contribution in [3.63, 3.8) is 0 Å². The summed E-state index contributed by atoms with van der Waals surface area (Å²) in [5, 5.41) is 9.75. The van der Waals surface area contributed by atoms with Crippen LogP contribution in [0, 0.1) is 13.8 Å². The van der Waals surface area contributed by atoms with Crippen molar-refractivity contribution < 1.29 is 14.3 Å². The van der Waals surface area contributed by atoms with E-state index in [9.17, 15) is 9.59 Å². The molecule has 148 valence electrons. The molecule has 1 atom stereocenters. The van der Waals surface area contributed by atoms with Gasteiger partial charge in [-0.3, -0.25) is 14.9 Å². The quantitative estimate of drug-likeness (QED) is 0.697. The highest BCUT2D eigenvalue weighted by molar-refractivity contribution is 5.92. The molecule has 2 N–H and O–H groups in total. The van der Waals surface area contributed by atoms with Gasteiger partial charge in [-0.25, -0.2) is 4.68 Å². The maximum Gasteiger partial charge on any atom is 0.262 e. The van der Waals surface area contributed by atoms with Gasteiger partial charge in [-0.1, -0.05) is 24.3 Å². The van der Waals surface area contributed by atoms with Gasteiger partial charge in [0, 0.05) is 11.3 Å².